The summed E-state index contributed by atoms with van der Waals surface area (Å²) in [4.78, 5) is 12.3. The second-order valence-electron chi connectivity index (χ2n) is 5.31. The lowest BCUT2D eigenvalue weighted by Crippen LogP contribution is -2.16. The molecule has 0 atom stereocenters. The third kappa shape index (κ3) is 4.03. The van der Waals surface area contributed by atoms with Crippen LogP contribution in [0, 0.1) is 0 Å². The Labute approximate surface area is 160 Å². The van der Waals surface area contributed by atoms with E-state index < -0.39 is 0 Å². The van der Waals surface area contributed by atoms with Gasteiger partial charge in [-0.05, 0) is 30.3 Å². The van der Waals surface area contributed by atoms with Gasteiger partial charge in [0.15, 0.2) is 5.82 Å². The zero-order chi connectivity index (χ0) is 18.5. The molecular formula is C17H18ClN5O2S. The molecule has 9 heteroatoms. The number of benzene rings is 1. The van der Waals surface area contributed by atoms with Crippen molar-refractivity contribution in [3.63, 3.8) is 0 Å². The molecule has 0 spiro atoms. The number of rotatable bonds is 7. The maximum atomic E-state index is 12.3. The molecule has 0 saturated heterocycles. The summed E-state index contributed by atoms with van der Waals surface area (Å²) < 4.78 is 8.88. The molecule has 0 radical (unpaired) electrons. The minimum atomic E-state index is -0.156. The Bertz CT molecular complexity index is 895. The summed E-state index contributed by atoms with van der Waals surface area (Å²) in [7, 11) is 1.54. The highest BCUT2D eigenvalue weighted by Gasteiger charge is 2.14. The Kier molecular flexibility index (Phi) is 5.85. The van der Waals surface area contributed by atoms with E-state index in [0.717, 1.165) is 12.2 Å². The zero-order valence-corrected chi connectivity index (χ0v) is 15.9. The van der Waals surface area contributed by atoms with Gasteiger partial charge < -0.3 is 10.1 Å². The average Bonchev–Trinajstić information content (AvgIpc) is 3.29. The van der Waals surface area contributed by atoms with Gasteiger partial charge in [0.1, 0.15) is 5.75 Å². The van der Waals surface area contributed by atoms with Crippen LogP contribution in [-0.2, 0) is 11.2 Å². The smallest absolute Gasteiger partial charge is 0.234 e. The molecule has 1 N–H and O–H groups in total. The maximum absolute atomic E-state index is 12.3. The number of aromatic nitrogens is 4. The van der Waals surface area contributed by atoms with E-state index in [0.29, 0.717) is 21.6 Å². The molecule has 3 aromatic rings. The predicted octanol–water partition coefficient (Wildman–Crippen LogP) is 3.35. The molecule has 2 aromatic heterocycles. The summed E-state index contributed by atoms with van der Waals surface area (Å²) in [5.41, 5.74) is 0.613. The first-order valence-corrected chi connectivity index (χ1v) is 9.32. The molecule has 0 aliphatic rings. The first kappa shape index (κ1) is 18.3. The van der Waals surface area contributed by atoms with Gasteiger partial charge in [0.2, 0.25) is 11.1 Å². The van der Waals surface area contributed by atoms with Gasteiger partial charge in [-0.15, -0.1) is 10.2 Å². The molecular weight excluding hydrogens is 374 g/mol. The Morgan fingerprint density at radius 3 is 2.73 bits per heavy atom. The van der Waals surface area contributed by atoms with Crippen molar-refractivity contribution in [3.8, 4) is 5.75 Å². The van der Waals surface area contributed by atoms with Crippen LogP contribution < -0.4 is 10.1 Å². The van der Waals surface area contributed by atoms with E-state index >= 15 is 0 Å². The molecule has 0 bridgehead atoms. The van der Waals surface area contributed by atoms with Crippen molar-refractivity contribution in [2.75, 3.05) is 18.2 Å². The third-order valence-corrected chi connectivity index (χ3v) is 4.80. The molecule has 0 saturated carbocycles. The quantitative estimate of drug-likeness (QED) is 0.625. The minimum Gasteiger partial charge on any atom is -0.495 e. The van der Waals surface area contributed by atoms with Gasteiger partial charge in [-0.3, -0.25) is 9.47 Å². The normalized spacial score (nSPS) is 10.7. The fourth-order valence-electron chi connectivity index (χ4n) is 2.37. The lowest BCUT2D eigenvalue weighted by Gasteiger charge is -2.10. The van der Waals surface area contributed by atoms with Crippen LogP contribution in [-0.4, -0.2) is 38.3 Å². The van der Waals surface area contributed by atoms with E-state index in [1.807, 2.05) is 40.8 Å². The number of hydrogen-bond acceptors (Lipinski definition) is 5. The van der Waals surface area contributed by atoms with Crippen LogP contribution in [0.4, 0.5) is 5.69 Å². The molecule has 136 valence electrons. The van der Waals surface area contributed by atoms with E-state index in [-0.39, 0.29) is 11.7 Å². The zero-order valence-electron chi connectivity index (χ0n) is 14.3. The van der Waals surface area contributed by atoms with Crippen LogP contribution in [0.5, 0.6) is 5.75 Å². The molecule has 7 nitrogen and oxygen atoms in total. The van der Waals surface area contributed by atoms with Gasteiger partial charge in [0.25, 0.3) is 0 Å². The number of anilines is 1. The number of amides is 1. The SMILES string of the molecule is CCc1nnc(SCC(=O)Nc2ccc(OC)c(Cl)c2)n1-n1cccc1. The van der Waals surface area contributed by atoms with E-state index in [1.54, 1.807) is 25.3 Å². The number of thioether (sulfide) groups is 1. The van der Waals surface area contributed by atoms with Crippen LogP contribution in [0.25, 0.3) is 0 Å². The summed E-state index contributed by atoms with van der Waals surface area (Å²) in [6.07, 6.45) is 4.56. The lowest BCUT2D eigenvalue weighted by molar-refractivity contribution is -0.113. The maximum Gasteiger partial charge on any atom is 0.234 e. The monoisotopic (exact) mass is 391 g/mol. The van der Waals surface area contributed by atoms with E-state index in [1.165, 1.54) is 11.8 Å². The highest BCUT2D eigenvalue weighted by atomic mass is 35.5. The second kappa shape index (κ2) is 8.29. The van der Waals surface area contributed by atoms with Crippen molar-refractivity contribution in [1.29, 1.82) is 0 Å². The summed E-state index contributed by atoms with van der Waals surface area (Å²) >= 11 is 7.40. The highest BCUT2D eigenvalue weighted by molar-refractivity contribution is 7.99. The summed E-state index contributed by atoms with van der Waals surface area (Å²) in [5.74, 6) is 1.43. The number of nitrogens with zero attached hydrogens (tertiary/aromatic N) is 4. The molecule has 1 amide bonds. The van der Waals surface area contributed by atoms with Gasteiger partial charge >= 0.3 is 0 Å². The fraction of sp³-hybridized carbons (Fsp3) is 0.235. The van der Waals surface area contributed by atoms with Crippen LogP contribution in [0.1, 0.15) is 12.7 Å². The minimum absolute atomic E-state index is 0.156. The highest BCUT2D eigenvalue weighted by Crippen LogP contribution is 2.27. The number of ether oxygens (including phenoxy) is 1. The van der Waals surface area contributed by atoms with Crippen molar-refractivity contribution >= 4 is 35.0 Å². The van der Waals surface area contributed by atoms with Crippen LogP contribution in [0.2, 0.25) is 5.02 Å². The number of methoxy groups -OCH3 is 1. The van der Waals surface area contributed by atoms with E-state index in [2.05, 4.69) is 15.5 Å². The van der Waals surface area contributed by atoms with Gasteiger partial charge in [-0.2, -0.15) is 0 Å². The van der Waals surface area contributed by atoms with Gasteiger partial charge in [-0.25, -0.2) is 4.68 Å². The number of hydrogen-bond donors (Lipinski definition) is 1. The van der Waals surface area contributed by atoms with E-state index in [4.69, 9.17) is 16.3 Å². The number of aryl methyl sites for hydroxylation is 1. The van der Waals surface area contributed by atoms with Crippen LogP contribution in [0.15, 0.2) is 47.9 Å². The molecule has 0 aliphatic carbocycles. The van der Waals surface area contributed by atoms with Crippen molar-refractivity contribution < 1.29 is 9.53 Å². The first-order valence-electron chi connectivity index (χ1n) is 7.96. The van der Waals surface area contributed by atoms with Gasteiger partial charge in [0.05, 0.1) is 17.9 Å². The second-order valence-corrected chi connectivity index (χ2v) is 6.66. The fourth-order valence-corrected chi connectivity index (χ4v) is 3.38. The Hall–Kier alpha value is -2.45. The molecule has 0 unspecified atom stereocenters. The first-order chi connectivity index (χ1) is 12.6. The topological polar surface area (TPSA) is 74.0 Å². The molecule has 1 aromatic carbocycles. The van der Waals surface area contributed by atoms with Crippen molar-refractivity contribution in [2.45, 2.75) is 18.5 Å². The molecule has 2 heterocycles. The summed E-state index contributed by atoms with van der Waals surface area (Å²) in [5, 5.41) is 12.3. The third-order valence-electron chi connectivity index (χ3n) is 3.58. The number of carbonyl (C=O) groups excluding carboxylic acids is 1. The Morgan fingerprint density at radius 1 is 1.31 bits per heavy atom. The number of nitrogens with one attached hydrogen (secondary N) is 1. The van der Waals surface area contributed by atoms with Crippen molar-refractivity contribution in [1.82, 2.24) is 19.5 Å². The largest absolute Gasteiger partial charge is 0.495 e. The van der Waals surface area contributed by atoms with Crippen LogP contribution in [0.3, 0.4) is 0 Å². The molecule has 3 rings (SSSR count). The van der Waals surface area contributed by atoms with Crippen molar-refractivity contribution in [2.24, 2.45) is 0 Å². The lowest BCUT2D eigenvalue weighted by atomic mass is 10.3. The average molecular weight is 392 g/mol. The van der Waals surface area contributed by atoms with Gasteiger partial charge in [-0.1, -0.05) is 30.3 Å². The molecule has 26 heavy (non-hydrogen) atoms. The predicted molar refractivity (Wildman–Crippen MR) is 102 cm³/mol. The summed E-state index contributed by atoms with van der Waals surface area (Å²) in [6.45, 7) is 2.01. The van der Waals surface area contributed by atoms with Crippen molar-refractivity contribution in [3.05, 3.63) is 53.6 Å². The standard InChI is InChI=1S/C17H18ClN5O2S/c1-3-15-20-21-17(23(15)22-8-4-5-9-22)26-11-16(24)19-12-6-7-14(25-2)13(18)10-12/h4-10H,3,11H2,1-2H3,(H,19,24). The molecule has 0 aliphatic heterocycles. The molecule has 0 fully saturated rings. The number of halogens is 1. The Morgan fingerprint density at radius 2 is 2.08 bits per heavy atom. The van der Waals surface area contributed by atoms with Crippen LogP contribution >= 0.6 is 23.4 Å². The number of carbonyl (C=O) groups is 1. The summed E-state index contributed by atoms with van der Waals surface area (Å²) in [6, 6.07) is 8.95. The Balaban J connectivity index is 1.67. The van der Waals surface area contributed by atoms with Gasteiger partial charge in [0, 0.05) is 24.5 Å². The van der Waals surface area contributed by atoms with E-state index in [9.17, 15) is 4.79 Å².